The molecule has 8 heteroatoms. The highest BCUT2D eigenvalue weighted by molar-refractivity contribution is 9.11. The van der Waals surface area contributed by atoms with Gasteiger partial charge >= 0.3 is 0 Å². The molecule has 1 unspecified atom stereocenters. The van der Waals surface area contributed by atoms with Crippen molar-refractivity contribution in [1.29, 1.82) is 0 Å². The van der Waals surface area contributed by atoms with E-state index < -0.39 is 4.92 Å². The van der Waals surface area contributed by atoms with Gasteiger partial charge in [-0.3, -0.25) is 14.9 Å². The van der Waals surface area contributed by atoms with Crippen LogP contribution < -0.4 is 10.2 Å². The molecule has 1 atom stereocenters. The minimum Gasteiger partial charge on any atom is -0.325 e. The van der Waals surface area contributed by atoms with Crippen molar-refractivity contribution < 1.29 is 14.6 Å². The second-order valence-corrected chi connectivity index (χ2v) is 7.87. The van der Waals surface area contributed by atoms with E-state index >= 15 is 0 Å². The standard InChI is InChI=1S/C15H16BrN3O3S/c1-10-3-4-11(19(21)22)7-13(10)17-15(20)9-18(2)8-12-5-6-14(16)23-12/h3-7H,8-9H2,1-2H3,(H,17,20)/p+1. The van der Waals surface area contributed by atoms with E-state index in [9.17, 15) is 14.9 Å². The lowest BCUT2D eigenvalue weighted by atomic mass is 10.2. The number of carbonyl (C=O) groups excluding carboxylic acids is 1. The van der Waals surface area contributed by atoms with Crippen LogP contribution in [0.2, 0.25) is 0 Å². The minimum atomic E-state index is -0.471. The van der Waals surface area contributed by atoms with Crippen molar-refractivity contribution in [2.75, 3.05) is 18.9 Å². The smallest absolute Gasteiger partial charge is 0.279 e. The Morgan fingerprint density at radius 3 is 2.74 bits per heavy atom. The van der Waals surface area contributed by atoms with Crippen LogP contribution in [0.15, 0.2) is 34.1 Å². The molecule has 2 aromatic rings. The molecule has 0 spiro atoms. The number of nitro groups is 1. The molecule has 23 heavy (non-hydrogen) atoms. The number of rotatable bonds is 6. The number of carbonyl (C=O) groups is 1. The van der Waals surface area contributed by atoms with Gasteiger partial charge in [0.05, 0.1) is 26.3 Å². The normalized spacial score (nSPS) is 12.0. The van der Waals surface area contributed by atoms with Crippen molar-refractivity contribution in [3.63, 3.8) is 0 Å². The van der Waals surface area contributed by atoms with Gasteiger partial charge in [-0.15, -0.1) is 11.3 Å². The molecular weight excluding hydrogens is 382 g/mol. The summed E-state index contributed by atoms with van der Waals surface area (Å²) >= 11 is 5.06. The number of nitrogens with one attached hydrogen (secondary N) is 2. The van der Waals surface area contributed by atoms with Gasteiger partial charge in [0.2, 0.25) is 0 Å². The van der Waals surface area contributed by atoms with Gasteiger partial charge in [0.1, 0.15) is 6.54 Å². The largest absolute Gasteiger partial charge is 0.325 e. The van der Waals surface area contributed by atoms with E-state index in [4.69, 9.17) is 0 Å². The Bertz CT molecular complexity index is 733. The van der Waals surface area contributed by atoms with E-state index in [1.165, 1.54) is 17.0 Å². The Morgan fingerprint density at radius 2 is 2.13 bits per heavy atom. The van der Waals surface area contributed by atoms with Crippen molar-refractivity contribution >= 4 is 44.5 Å². The first kappa shape index (κ1) is 17.6. The summed E-state index contributed by atoms with van der Waals surface area (Å²) in [5.74, 6) is -0.165. The average molecular weight is 399 g/mol. The number of likely N-dealkylation sites (N-methyl/N-ethyl adjacent to an activating group) is 1. The SMILES string of the molecule is Cc1ccc([N+](=O)[O-])cc1NC(=O)C[NH+](C)Cc1ccc(Br)s1. The number of hydrogen-bond acceptors (Lipinski definition) is 4. The molecule has 122 valence electrons. The van der Waals surface area contributed by atoms with Gasteiger partial charge in [0.25, 0.3) is 11.6 Å². The van der Waals surface area contributed by atoms with Gasteiger partial charge in [-0.25, -0.2) is 0 Å². The summed E-state index contributed by atoms with van der Waals surface area (Å²) in [6.07, 6.45) is 0. The zero-order chi connectivity index (χ0) is 17.0. The zero-order valence-corrected chi connectivity index (χ0v) is 15.2. The van der Waals surface area contributed by atoms with Crippen molar-refractivity contribution in [2.24, 2.45) is 0 Å². The number of nitrogens with zero attached hydrogens (tertiary/aromatic N) is 1. The minimum absolute atomic E-state index is 0.0324. The summed E-state index contributed by atoms with van der Waals surface area (Å²) < 4.78 is 1.07. The molecule has 0 saturated heterocycles. The van der Waals surface area contributed by atoms with Crippen LogP contribution in [0.5, 0.6) is 0 Å². The zero-order valence-electron chi connectivity index (χ0n) is 12.8. The number of benzene rings is 1. The molecule has 0 aliphatic heterocycles. The predicted molar refractivity (Wildman–Crippen MR) is 93.9 cm³/mol. The maximum atomic E-state index is 12.1. The van der Waals surface area contributed by atoms with Crippen LogP contribution in [0.1, 0.15) is 10.4 Å². The lowest BCUT2D eigenvalue weighted by molar-refractivity contribution is -0.884. The molecule has 2 rings (SSSR count). The van der Waals surface area contributed by atoms with Crippen LogP contribution in [0, 0.1) is 17.0 Å². The maximum Gasteiger partial charge on any atom is 0.279 e. The fourth-order valence-corrected chi connectivity index (χ4v) is 3.73. The predicted octanol–water partition coefficient (Wildman–Crippen LogP) is 2.38. The fourth-order valence-electron chi connectivity index (χ4n) is 2.13. The summed E-state index contributed by atoms with van der Waals surface area (Å²) in [6, 6.07) is 8.46. The quantitative estimate of drug-likeness (QED) is 0.579. The monoisotopic (exact) mass is 398 g/mol. The summed E-state index contributed by atoms with van der Waals surface area (Å²) in [5, 5.41) is 13.6. The Labute approximate surface area is 146 Å². The topological polar surface area (TPSA) is 76.7 Å². The third kappa shape index (κ3) is 5.12. The number of nitro benzene ring substituents is 1. The van der Waals surface area contributed by atoms with Crippen molar-refractivity contribution in [3.05, 3.63) is 54.7 Å². The number of aryl methyl sites for hydroxylation is 1. The number of thiophene rings is 1. The number of halogens is 1. The van der Waals surface area contributed by atoms with Crippen LogP contribution >= 0.6 is 27.3 Å². The number of hydrogen-bond donors (Lipinski definition) is 2. The highest BCUT2D eigenvalue weighted by Gasteiger charge is 2.15. The van der Waals surface area contributed by atoms with Crippen LogP contribution in [0.4, 0.5) is 11.4 Å². The van der Waals surface area contributed by atoms with Gasteiger partial charge in [-0.1, -0.05) is 6.07 Å². The highest BCUT2D eigenvalue weighted by Crippen LogP contribution is 2.22. The van der Waals surface area contributed by atoms with Gasteiger partial charge in [0.15, 0.2) is 6.54 Å². The summed E-state index contributed by atoms with van der Waals surface area (Å²) in [5.41, 5.74) is 1.25. The third-order valence-corrected chi connectivity index (χ3v) is 4.90. The van der Waals surface area contributed by atoms with Crippen LogP contribution in [0.25, 0.3) is 0 Å². The second-order valence-electron chi connectivity index (χ2n) is 5.32. The first-order valence-electron chi connectivity index (χ1n) is 6.95. The summed E-state index contributed by atoms with van der Waals surface area (Å²) in [7, 11) is 1.94. The molecule has 0 aliphatic carbocycles. The van der Waals surface area contributed by atoms with E-state index in [1.807, 2.05) is 19.2 Å². The van der Waals surface area contributed by atoms with Crippen LogP contribution in [-0.2, 0) is 11.3 Å². The van der Waals surface area contributed by atoms with Crippen molar-refractivity contribution in [1.82, 2.24) is 0 Å². The molecule has 6 nitrogen and oxygen atoms in total. The molecule has 0 radical (unpaired) electrons. The first-order chi connectivity index (χ1) is 10.8. The molecular formula is C15H17BrN3O3S+. The molecule has 2 N–H and O–H groups in total. The second kappa shape index (κ2) is 7.67. The molecule has 1 heterocycles. The summed E-state index contributed by atoms with van der Waals surface area (Å²) in [6.45, 7) is 2.84. The van der Waals surface area contributed by atoms with Crippen LogP contribution in [-0.4, -0.2) is 24.4 Å². The van der Waals surface area contributed by atoms with E-state index in [2.05, 4.69) is 21.2 Å². The van der Waals surface area contributed by atoms with E-state index in [0.29, 0.717) is 5.69 Å². The molecule has 0 aliphatic rings. The van der Waals surface area contributed by atoms with Gasteiger partial charge < -0.3 is 10.2 Å². The number of non-ortho nitro benzene ring substituents is 1. The molecule has 0 fully saturated rings. The number of quaternary nitrogens is 1. The van der Waals surface area contributed by atoms with E-state index in [0.717, 1.165) is 20.8 Å². The Morgan fingerprint density at radius 1 is 1.39 bits per heavy atom. The van der Waals surface area contributed by atoms with Gasteiger partial charge in [0, 0.05) is 12.1 Å². The van der Waals surface area contributed by atoms with Crippen molar-refractivity contribution in [2.45, 2.75) is 13.5 Å². The lowest BCUT2D eigenvalue weighted by Crippen LogP contribution is -3.08. The molecule has 0 saturated carbocycles. The molecule has 0 bridgehead atoms. The Kier molecular flexibility index (Phi) is 5.86. The van der Waals surface area contributed by atoms with Gasteiger partial charge in [-0.2, -0.15) is 0 Å². The van der Waals surface area contributed by atoms with Crippen molar-refractivity contribution in [3.8, 4) is 0 Å². The third-order valence-electron chi connectivity index (χ3n) is 3.27. The average Bonchev–Trinajstić information content (AvgIpc) is 2.85. The number of amides is 1. The Balaban J connectivity index is 1.96. The van der Waals surface area contributed by atoms with Gasteiger partial charge in [-0.05, 0) is 40.5 Å². The molecule has 1 amide bonds. The Hall–Kier alpha value is -1.77. The highest BCUT2D eigenvalue weighted by atomic mass is 79.9. The maximum absolute atomic E-state index is 12.1. The first-order valence-corrected chi connectivity index (χ1v) is 8.56. The van der Waals surface area contributed by atoms with Crippen LogP contribution in [0.3, 0.4) is 0 Å². The fraction of sp³-hybridized carbons (Fsp3) is 0.267. The lowest BCUT2D eigenvalue weighted by Gasteiger charge is -2.13. The number of anilines is 1. The van der Waals surface area contributed by atoms with E-state index in [-0.39, 0.29) is 18.1 Å². The van der Waals surface area contributed by atoms with E-state index in [1.54, 1.807) is 24.3 Å². The molecule has 1 aromatic heterocycles. The summed E-state index contributed by atoms with van der Waals surface area (Å²) in [4.78, 5) is 24.7. The molecule has 1 aromatic carbocycles.